The molecule has 0 radical (unpaired) electrons. The van der Waals surface area contributed by atoms with E-state index in [0.29, 0.717) is 12.3 Å². The Hall–Kier alpha value is -2.36. The fraction of sp³-hybridized carbons (Fsp3) is 0.200. The Morgan fingerprint density at radius 3 is 2.68 bits per heavy atom. The summed E-state index contributed by atoms with van der Waals surface area (Å²) in [4.78, 5) is 15.6. The number of anilines is 1. The number of pyridine rings is 1. The van der Waals surface area contributed by atoms with Gasteiger partial charge in [0.1, 0.15) is 0 Å². The number of benzene rings is 1. The highest BCUT2D eigenvalue weighted by atomic mass is 16.5. The molecule has 0 aliphatic heterocycles. The average molecular weight is 256 g/mol. The first-order valence-corrected chi connectivity index (χ1v) is 6.19. The van der Waals surface area contributed by atoms with Gasteiger partial charge in [0.15, 0.2) is 5.69 Å². The Morgan fingerprint density at radius 2 is 1.95 bits per heavy atom. The summed E-state index contributed by atoms with van der Waals surface area (Å²) in [6, 6.07) is 13.4. The molecule has 2 rings (SSSR count). The Labute approximate surface area is 112 Å². The van der Waals surface area contributed by atoms with Crippen LogP contribution in [-0.4, -0.2) is 17.6 Å². The first-order valence-electron chi connectivity index (χ1n) is 6.19. The lowest BCUT2D eigenvalue weighted by Crippen LogP contribution is -2.11. The third kappa shape index (κ3) is 3.81. The number of carbonyl (C=O) groups excluding carboxylic acids is 1. The zero-order valence-corrected chi connectivity index (χ0v) is 10.6. The van der Waals surface area contributed by atoms with Crippen molar-refractivity contribution in [1.29, 1.82) is 0 Å². The minimum absolute atomic E-state index is 0.183. The van der Waals surface area contributed by atoms with E-state index in [1.54, 1.807) is 12.1 Å². The summed E-state index contributed by atoms with van der Waals surface area (Å²) < 4.78 is 5.15. The molecule has 1 aromatic heterocycles. The third-order valence-corrected chi connectivity index (χ3v) is 2.72. The van der Waals surface area contributed by atoms with Crippen LogP contribution in [0.25, 0.3) is 0 Å². The maximum absolute atomic E-state index is 11.7. The highest BCUT2D eigenvalue weighted by Crippen LogP contribution is 2.09. The summed E-state index contributed by atoms with van der Waals surface area (Å²) in [5.41, 5.74) is 7.41. The van der Waals surface area contributed by atoms with Gasteiger partial charge in [-0.2, -0.15) is 0 Å². The number of carbonyl (C=O) groups is 1. The van der Waals surface area contributed by atoms with Crippen LogP contribution in [0.5, 0.6) is 0 Å². The van der Waals surface area contributed by atoms with Crippen LogP contribution in [0.15, 0.2) is 48.7 Å². The smallest absolute Gasteiger partial charge is 0.359 e. The molecule has 4 nitrogen and oxygen atoms in total. The summed E-state index contributed by atoms with van der Waals surface area (Å²) >= 11 is 0. The van der Waals surface area contributed by atoms with Gasteiger partial charge in [0, 0.05) is 6.20 Å². The van der Waals surface area contributed by atoms with E-state index in [2.05, 4.69) is 17.1 Å². The molecule has 1 aromatic carbocycles. The number of nitrogens with two attached hydrogens (primary N) is 1. The van der Waals surface area contributed by atoms with Gasteiger partial charge in [-0.1, -0.05) is 30.3 Å². The van der Waals surface area contributed by atoms with Crippen molar-refractivity contribution in [3.63, 3.8) is 0 Å². The van der Waals surface area contributed by atoms with Crippen molar-refractivity contribution in [2.75, 3.05) is 12.3 Å². The van der Waals surface area contributed by atoms with Gasteiger partial charge in [0.2, 0.25) is 0 Å². The van der Waals surface area contributed by atoms with Gasteiger partial charge in [-0.25, -0.2) is 9.78 Å². The van der Waals surface area contributed by atoms with Gasteiger partial charge in [0.05, 0.1) is 12.3 Å². The van der Waals surface area contributed by atoms with E-state index in [-0.39, 0.29) is 5.69 Å². The van der Waals surface area contributed by atoms with Gasteiger partial charge in [-0.15, -0.1) is 0 Å². The normalized spacial score (nSPS) is 10.1. The lowest BCUT2D eigenvalue weighted by Gasteiger charge is -2.06. The number of ether oxygens (including phenoxy) is 1. The maximum Gasteiger partial charge on any atom is 0.359 e. The lowest BCUT2D eigenvalue weighted by molar-refractivity contribution is 0.0495. The van der Waals surface area contributed by atoms with Gasteiger partial charge in [-0.3, -0.25) is 0 Å². The Balaban J connectivity index is 1.77. The molecule has 0 aliphatic carbocycles. The molecule has 0 saturated heterocycles. The zero-order chi connectivity index (χ0) is 13.5. The van der Waals surface area contributed by atoms with Crippen LogP contribution in [0, 0.1) is 0 Å². The molecule has 0 spiro atoms. The second kappa shape index (κ2) is 6.54. The second-order valence-corrected chi connectivity index (χ2v) is 4.17. The second-order valence-electron chi connectivity index (χ2n) is 4.17. The van der Waals surface area contributed by atoms with Crippen molar-refractivity contribution in [1.82, 2.24) is 4.98 Å². The van der Waals surface area contributed by atoms with Crippen LogP contribution in [-0.2, 0) is 11.2 Å². The van der Waals surface area contributed by atoms with Crippen molar-refractivity contribution in [2.45, 2.75) is 12.8 Å². The number of hydrogen-bond acceptors (Lipinski definition) is 4. The fourth-order valence-electron chi connectivity index (χ4n) is 1.74. The lowest BCUT2D eigenvalue weighted by atomic mass is 10.1. The molecule has 0 aliphatic rings. The SMILES string of the molecule is Nc1cccnc1C(=O)OCCCc1ccccc1. The number of rotatable bonds is 5. The van der Waals surface area contributed by atoms with E-state index in [9.17, 15) is 4.79 Å². The van der Waals surface area contributed by atoms with Crippen LogP contribution in [0.1, 0.15) is 22.5 Å². The number of hydrogen-bond donors (Lipinski definition) is 1. The van der Waals surface area contributed by atoms with E-state index in [4.69, 9.17) is 10.5 Å². The summed E-state index contributed by atoms with van der Waals surface area (Å²) in [7, 11) is 0. The number of nitrogens with zero attached hydrogens (tertiary/aromatic N) is 1. The molecule has 0 saturated carbocycles. The summed E-state index contributed by atoms with van der Waals surface area (Å²) in [5.74, 6) is -0.467. The standard InChI is InChI=1S/C15H16N2O2/c16-13-9-4-10-17-14(13)15(18)19-11-5-8-12-6-2-1-3-7-12/h1-4,6-7,9-10H,5,8,11,16H2. The van der Waals surface area contributed by atoms with Crippen LogP contribution in [0.2, 0.25) is 0 Å². The van der Waals surface area contributed by atoms with Crippen LogP contribution in [0.4, 0.5) is 5.69 Å². The van der Waals surface area contributed by atoms with Crippen molar-refractivity contribution >= 4 is 11.7 Å². The zero-order valence-electron chi connectivity index (χ0n) is 10.6. The molecule has 1 heterocycles. The highest BCUT2D eigenvalue weighted by molar-refractivity contribution is 5.92. The quantitative estimate of drug-likeness (QED) is 0.659. The summed E-state index contributed by atoms with van der Waals surface area (Å²) in [6.07, 6.45) is 3.19. The van der Waals surface area contributed by atoms with Gasteiger partial charge < -0.3 is 10.5 Å². The monoisotopic (exact) mass is 256 g/mol. The molecular formula is C15H16N2O2. The predicted octanol–water partition coefficient (Wildman–Crippen LogP) is 2.45. The van der Waals surface area contributed by atoms with E-state index < -0.39 is 5.97 Å². The molecule has 0 amide bonds. The van der Waals surface area contributed by atoms with E-state index in [0.717, 1.165) is 12.8 Å². The highest BCUT2D eigenvalue weighted by Gasteiger charge is 2.11. The van der Waals surface area contributed by atoms with Gasteiger partial charge in [-0.05, 0) is 30.5 Å². The largest absolute Gasteiger partial charge is 0.461 e. The first kappa shape index (κ1) is 13.1. The van der Waals surface area contributed by atoms with E-state index >= 15 is 0 Å². The maximum atomic E-state index is 11.7. The molecule has 4 heteroatoms. The Morgan fingerprint density at radius 1 is 1.16 bits per heavy atom. The number of aryl methyl sites for hydroxylation is 1. The molecule has 0 atom stereocenters. The molecule has 0 unspecified atom stereocenters. The minimum atomic E-state index is -0.467. The molecule has 0 fully saturated rings. The molecular weight excluding hydrogens is 240 g/mol. The Bertz CT molecular complexity index is 541. The van der Waals surface area contributed by atoms with E-state index in [1.165, 1.54) is 11.8 Å². The summed E-state index contributed by atoms with van der Waals surface area (Å²) in [6.45, 7) is 0.365. The molecule has 98 valence electrons. The van der Waals surface area contributed by atoms with Gasteiger partial charge in [0.25, 0.3) is 0 Å². The summed E-state index contributed by atoms with van der Waals surface area (Å²) in [5, 5.41) is 0. The predicted molar refractivity (Wildman–Crippen MR) is 73.7 cm³/mol. The van der Waals surface area contributed by atoms with Crippen LogP contribution < -0.4 is 5.73 Å². The van der Waals surface area contributed by atoms with Crippen molar-refractivity contribution in [3.8, 4) is 0 Å². The number of esters is 1. The topological polar surface area (TPSA) is 65.2 Å². The van der Waals surface area contributed by atoms with Crippen molar-refractivity contribution < 1.29 is 9.53 Å². The third-order valence-electron chi connectivity index (χ3n) is 2.72. The van der Waals surface area contributed by atoms with E-state index in [1.807, 2.05) is 18.2 Å². The number of aromatic nitrogens is 1. The van der Waals surface area contributed by atoms with Crippen LogP contribution in [0.3, 0.4) is 0 Å². The first-order chi connectivity index (χ1) is 9.27. The average Bonchev–Trinajstić information content (AvgIpc) is 2.45. The minimum Gasteiger partial charge on any atom is -0.461 e. The van der Waals surface area contributed by atoms with Gasteiger partial charge >= 0.3 is 5.97 Å². The Kier molecular flexibility index (Phi) is 4.50. The van der Waals surface area contributed by atoms with Crippen LogP contribution >= 0.6 is 0 Å². The molecule has 2 aromatic rings. The van der Waals surface area contributed by atoms with Crippen molar-refractivity contribution in [2.24, 2.45) is 0 Å². The molecule has 0 bridgehead atoms. The fourth-order valence-corrected chi connectivity index (χ4v) is 1.74. The molecule has 2 N–H and O–H groups in total. The molecule has 19 heavy (non-hydrogen) atoms. The number of nitrogen functional groups attached to an aromatic ring is 1. The van der Waals surface area contributed by atoms with Crippen molar-refractivity contribution in [3.05, 3.63) is 59.9 Å².